The molecule has 2 aliphatic rings. The lowest BCUT2D eigenvalue weighted by atomic mass is 9.77. The Kier molecular flexibility index (Phi) is 3.51. The number of oxazole rings is 1. The summed E-state index contributed by atoms with van der Waals surface area (Å²) in [5, 5.41) is 0. The highest BCUT2D eigenvalue weighted by atomic mass is 16.3. The topological polar surface area (TPSA) is 75.4 Å². The van der Waals surface area contributed by atoms with Crippen LogP contribution in [0.4, 0.5) is 5.95 Å². The van der Waals surface area contributed by atoms with E-state index < -0.39 is 0 Å². The van der Waals surface area contributed by atoms with Crippen LogP contribution in [-0.2, 0) is 11.8 Å². The number of hydrogen-bond acceptors (Lipinski definition) is 6. The SMILES string of the molecule is CN(C)c1ncc2c(n1)C1(CCCN(C(=O)c3cocn3)C1)CC2. The predicted molar refractivity (Wildman–Crippen MR) is 88.0 cm³/mol. The number of carbonyl (C=O) groups excluding carboxylic acids is 1. The minimum atomic E-state index is -0.0573. The standard InChI is InChI=1S/C17H21N5O2/c1-21(2)16-18-8-12-4-6-17(14(12)20-16)5-3-7-22(10-17)15(23)13-9-24-11-19-13/h8-9,11H,3-7,10H2,1-2H3. The van der Waals surface area contributed by atoms with Gasteiger partial charge in [0.1, 0.15) is 6.26 Å². The Morgan fingerprint density at radius 2 is 2.21 bits per heavy atom. The second kappa shape index (κ2) is 5.58. The number of nitrogens with zero attached hydrogens (tertiary/aromatic N) is 5. The average molecular weight is 327 g/mol. The molecule has 3 heterocycles. The van der Waals surface area contributed by atoms with Gasteiger partial charge in [-0.2, -0.15) is 0 Å². The summed E-state index contributed by atoms with van der Waals surface area (Å²) in [6.07, 6.45) is 8.71. The van der Waals surface area contributed by atoms with Crippen molar-refractivity contribution in [2.45, 2.75) is 31.1 Å². The first-order valence-corrected chi connectivity index (χ1v) is 8.30. The minimum absolute atomic E-state index is 0.0549. The van der Waals surface area contributed by atoms with Crippen LogP contribution in [0.15, 0.2) is 23.3 Å². The van der Waals surface area contributed by atoms with Crippen molar-refractivity contribution in [2.24, 2.45) is 0 Å². The summed E-state index contributed by atoms with van der Waals surface area (Å²) < 4.78 is 4.96. The van der Waals surface area contributed by atoms with Crippen molar-refractivity contribution in [3.05, 3.63) is 35.8 Å². The summed E-state index contributed by atoms with van der Waals surface area (Å²) in [7, 11) is 3.90. The molecular weight excluding hydrogens is 306 g/mol. The summed E-state index contributed by atoms with van der Waals surface area (Å²) >= 11 is 0. The first kappa shape index (κ1) is 15.1. The van der Waals surface area contributed by atoms with E-state index in [2.05, 4.69) is 9.97 Å². The Morgan fingerprint density at radius 1 is 1.33 bits per heavy atom. The first-order valence-electron chi connectivity index (χ1n) is 8.30. The monoisotopic (exact) mass is 327 g/mol. The molecule has 0 radical (unpaired) electrons. The number of rotatable bonds is 2. The van der Waals surface area contributed by atoms with Gasteiger partial charge in [0.05, 0.1) is 5.69 Å². The molecule has 4 rings (SSSR count). The second-order valence-corrected chi connectivity index (χ2v) is 6.92. The zero-order chi connectivity index (χ0) is 16.7. The van der Waals surface area contributed by atoms with Gasteiger partial charge in [-0.25, -0.2) is 15.0 Å². The lowest BCUT2D eigenvalue weighted by molar-refractivity contribution is 0.0627. The van der Waals surface area contributed by atoms with Gasteiger partial charge in [-0.05, 0) is 31.2 Å². The summed E-state index contributed by atoms with van der Waals surface area (Å²) in [5.74, 6) is 0.674. The quantitative estimate of drug-likeness (QED) is 0.835. The van der Waals surface area contributed by atoms with E-state index in [-0.39, 0.29) is 11.3 Å². The van der Waals surface area contributed by atoms with Gasteiger partial charge in [0, 0.05) is 38.8 Å². The van der Waals surface area contributed by atoms with Crippen molar-refractivity contribution in [1.82, 2.24) is 19.9 Å². The fourth-order valence-corrected chi connectivity index (χ4v) is 3.93. The third-order valence-electron chi connectivity index (χ3n) is 5.14. The number of fused-ring (bicyclic) bond motifs is 2. The van der Waals surface area contributed by atoms with Crippen molar-refractivity contribution in [2.75, 3.05) is 32.1 Å². The Hall–Kier alpha value is -2.44. The van der Waals surface area contributed by atoms with Crippen molar-refractivity contribution in [3.8, 4) is 0 Å². The lowest BCUT2D eigenvalue weighted by Crippen LogP contribution is -2.48. The third-order valence-corrected chi connectivity index (χ3v) is 5.14. The second-order valence-electron chi connectivity index (χ2n) is 6.92. The molecule has 1 aliphatic carbocycles. The molecule has 2 aromatic rings. The van der Waals surface area contributed by atoms with E-state index in [9.17, 15) is 4.79 Å². The van der Waals surface area contributed by atoms with Crippen LogP contribution >= 0.6 is 0 Å². The van der Waals surface area contributed by atoms with Gasteiger partial charge >= 0.3 is 0 Å². The Morgan fingerprint density at radius 3 is 2.96 bits per heavy atom. The molecule has 24 heavy (non-hydrogen) atoms. The predicted octanol–water partition coefficient (Wildman–Crippen LogP) is 1.65. The largest absolute Gasteiger partial charge is 0.451 e. The van der Waals surface area contributed by atoms with E-state index in [1.165, 1.54) is 18.2 Å². The number of aromatic nitrogens is 3. The number of piperidine rings is 1. The maximum absolute atomic E-state index is 12.7. The molecule has 7 nitrogen and oxygen atoms in total. The van der Waals surface area contributed by atoms with Crippen molar-refractivity contribution in [1.29, 1.82) is 0 Å². The summed E-state index contributed by atoms with van der Waals surface area (Å²) in [6, 6.07) is 0. The highest BCUT2D eigenvalue weighted by Gasteiger charge is 2.45. The molecule has 0 N–H and O–H groups in total. The van der Waals surface area contributed by atoms with Gasteiger partial charge in [0.25, 0.3) is 5.91 Å². The zero-order valence-corrected chi connectivity index (χ0v) is 14.0. The first-order chi connectivity index (χ1) is 11.6. The normalized spacial score (nSPS) is 22.7. The molecule has 7 heteroatoms. The molecule has 0 aromatic carbocycles. The molecule has 126 valence electrons. The van der Waals surface area contributed by atoms with E-state index >= 15 is 0 Å². The van der Waals surface area contributed by atoms with Crippen LogP contribution in [0.2, 0.25) is 0 Å². The van der Waals surface area contributed by atoms with E-state index in [1.807, 2.05) is 30.1 Å². The summed E-state index contributed by atoms with van der Waals surface area (Å²) in [5.41, 5.74) is 2.66. The fourth-order valence-electron chi connectivity index (χ4n) is 3.93. The highest BCUT2D eigenvalue weighted by Crippen LogP contribution is 2.44. The van der Waals surface area contributed by atoms with E-state index in [1.54, 1.807) is 0 Å². The van der Waals surface area contributed by atoms with E-state index in [4.69, 9.17) is 9.40 Å². The summed E-state index contributed by atoms with van der Waals surface area (Å²) in [6.45, 7) is 1.45. The fraction of sp³-hybridized carbons (Fsp3) is 0.529. The number of anilines is 1. The molecule has 1 fully saturated rings. The van der Waals surface area contributed by atoms with Gasteiger partial charge in [-0.3, -0.25) is 4.79 Å². The molecule has 0 saturated carbocycles. The molecule has 0 bridgehead atoms. The van der Waals surface area contributed by atoms with E-state index in [0.29, 0.717) is 12.2 Å². The Balaban J connectivity index is 1.65. The number of hydrogen-bond donors (Lipinski definition) is 0. The molecule has 1 amide bonds. The average Bonchev–Trinajstić information content (AvgIpc) is 3.23. The van der Waals surface area contributed by atoms with Gasteiger partial charge in [0.2, 0.25) is 5.95 Å². The van der Waals surface area contributed by atoms with Crippen molar-refractivity contribution < 1.29 is 9.21 Å². The minimum Gasteiger partial charge on any atom is -0.451 e. The highest BCUT2D eigenvalue weighted by molar-refractivity contribution is 5.92. The maximum atomic E-state index is 12.7. The Labute approximate surface area is 140 Å². The Bertz CT molecular complexity index is 754. The molecule has 1 aliphatic heterocycles. The van der Waals surface area contributed by atoms with Crippen LogP contribution in [-0.4, -0.2) is 52.9 Å². The van der Waals surface area contributed by atoms with Gasteiger partial charge in [0.15, 0.2) is 12.1 Å². The number of amides is 1. The maximum Gasteiger partial charge on any atom is 0.275 e. The number of carbonyl (C=O) groups is 1. The molecule has 1 saturated heterocycles. The van der Waals surface area contributed by atoms with Crippen LogP contribution in [0.3, 0.4) is 0 Å². The van der Waals surface area contributed by atoms with Gasteiger partial charge in [-0.15, -0.1) is 0 Å². The molecule has 1 unspecified atom stereocenters. The van der Waals surface area contributed by atoms with Gasteiger partial charge in [-0.1, -0.05) is 0 Å². The number of aryl methyl sites for hydroxylation is 1. The van der Waals surface area contributed by atoms with E-state index in [0.717, 1.165) is 43.9 Å². The lowest BCUT2D eigenvalue weighted by Gasteiger charge is -2.40. The third kappa shape index (κ3) is 2.35. The van der Waals surface area contributed by atoms with Crippen LogP contribution < -0.4 is 4.90 Å². The van der Waals surface area contributed by atoms with Crippen LogP contribution in [0.1, 0.15) is 41.0 Å². The number of likely N-dealkylation sites (tertiary alicyclic amines) is 1. The molecule has 2 aromatic heterocycles. The summed E-state index contributed by atoms with van der Waals surface area (Å²) in [4.78, 5) is 29.7. The molecular formula is C17H21N5O2. The van der Waals surface area contributed by atoms with Crippen molar-refractivity contribution >= 4 is 11.9 Å². The van der Waals surface area contributed by atoms with Crippen LogP contribution in [0, 0.1) is 0 Å². The zero-order valence-electron chi connectivity index (χ0n) is 14.0. The van der Waals surface area contributed by atoms with Crippen molar-refractivity contribution in [3.63, 3.8) is 0 Å². The van der Waals surface area contributed by atoms with Gasteiger partial charge < -0.3 is 14.2 Å². The molecule has 1 spiro atoms. The molecule has 1 atom stereocenters. The smallest absolute Gasteiger partial charge is 0.275 e. The van der Waals surface area contributed by atoms with Crippen LogP contribution in [0.5, 0.6) is 0 Å². The van der Waals surface area contributed by atoms with Crippen LogP contribution in [0.25, 0.3) is 0 Å².